The predicted molar refractivity (Wildman–Crippen MR) is 92.4 cm³/mol. The third-order valence-corrected chi connectivity index (χ3v) is 3.55. The van der Waals surface area contributed by atoms with Crippen LogP contribution in [0.3, 0.4) is 0 Å². The van der Waals surface area contributed by atoms with E-state index in [0.29, 0.717) is 17.0 Å². The summed E-state index contributed by atoms with van der Waals surface area (Å²) in [6.45, 7) is 5.38. The van der Waals surface area contributed by atoms with E-state index in [0.717, 1.165) is 11.1 Å². The number of rotatable bonds is 5. The van der Waals surface area contributed by atoms with Gasteiger partial charge in [0.1, 0.15) is 5.75 Å². The summed E-state index contributed by atoms with van der Waals surface area (Å²) in [7, 11) is 1.53. The van der Waals surface area contributed by atoms with E-state index in [1.165, 1.54) is 14.0 Å². The van der Waals surface area contributed by atoms with Crippen molar-refractivity contribution in [2.24, 2.45) is 0 Å². The summed E-state index contributed by atoms with van der Waals surface area (Å²) in [6, 6.07) is 12.4. The van der Waals surface area contributed by atoms with E-state index < -0.39 is 18.0 Å². The Balaban J connectivity index is 2.03. The number of hydrogen-bond acceptors (Lipinski definition) is 4. The quantitative estimate of drug-likeness (QED) is 0.854. The van der Waals surface area contributed by atoms with E-state index in [9.17, 15) is 9.59 Å². The summed E-state index contributed by atoms with van der Waals surface area (Å²) in [6.07, 6.45) is -0.927. The number of esters is 1. The van der Waals surface area contributed by atoms with Gasteiger partial charge in [0.05, 0.1) is 18.4 Å². The minimum absolute atomic E-state index is 0.411. The summed E-state index contributed by atoms with van der Waals surface area (Å²) in [5.41, 5.74) is 2.98. The average Bonchev–Trinajstić information content (AvgIpc) is 2.55. The van der Waals surface area contributed by atoms with E-state index in [1.807, 2.05) is 32.0 Å². The van der Waals surface area contributed by atoms with E-state index in [4.69, 9.17) is 9.47 Å². The Morgan fingerprint density at radius 2 is 1.62 bits per heavy atom. The lowest BCUT2D eigenvalue weighted by atomic mass is 10.1. The number of nitrogens with one attached hydrogen (secondary N) is 1. The first-order valence-corrected chi connectivity index (χ1v) is 7.64. The second kappa shape index (κ2) is 7.64. The molecule has 0 heterocycles. The molecule has 1 N–H and O–H groups in total. The van der Waals surface area contributed by atoms with Gasteiger partial charge in [-0.05, 0) is 50.6 Å². The van der Waals surface area contributed by atoms with Crippen LogP contribution in [-0.4, -0.2) is 25.1 Å². The van der Waals surface area contributed by atoms with Gasteiger partial charge < -0.3 is 14.8 Å². The second-order valence-corrected chi connectivity index (χ2v) is 5.61. The van der Waals surface area contributed by atoms with Crippen LogP contribution in [0.5, 0.6) is 5.75 Å². The normalized spacial score (nSPS) is 11.5. The number of aryl methyl sites for hydroxylation is 2. The first kappa shape index (κ1) is 17.5. The first-order chi connectivity index (χ1) is 11.4. The van der Waals surface area contributed by atoms with Gasteiger partial charge >= 0.3 is 5.97 Å². The van der Waals surface area contributed by atoms with Crippen molar-refractivity contribution in [1.29, 1.82) is 0 Å². The number of ether oxygens (including phenoxy) is 2. The first-order valence-electron chi connectivity index (χ1n) is 7.64. The molecule has 0 saturated heterocycles. The van der Waals surface area contributed by atoms with Crippen molar-refractivity contribution in [3.05, 3.63) is 59.2 Å². The summed E-state index contributed by atoms with van der Waals surface area (Å²) >= 11 is 0. The van der Waals surface area contributed by atoms with Crippen molar-refractivity contribution in [2.45, 2.75) is 26.9 Å². The highest BCUT2D eigenvalue weighted by Crippen LogP contribution is 2.25. The molecule has 0 aliphatic carbocycles. The van der Waals surface area contributed by atoms with Gasteiger partial charge in [-0.3, -0.25) is 4.79 Å². The predicted octanol–water partition coefficient (Wildman–Crippen LogP) is 3.50. The van der Waals surface area contributed by atoms with Crippen molar-refractivity contribution in [3.63, 3.8) is 0 Å². The van der Waals surface area contributed by atoms with Crippen LogP contribution in [0, 0.1) is 13.8 Å². The Morgan fingerprint density at radius 3 is 2.25 bits per heavy atom. The maximum atomic E-state index is 12.3. The zero-order chi connectivity index (χ0) is 17.7. The Kier molecular flexibility index (Phi) is 5.58. The van der Waals surface area contributed by atoms with Crippen molar-refractivity contribution < 1.29 is 19.1 Å². The third kappa shape index (κ3) is 4.35. The van der Waals surface area contributed by atoms with Gasteiger partial charge in [-0.15, -0.1) is 0 Å². The SMILES string of the molecule is COc1ccc(C)cc1NC(=O)[C@@H](C)OC(=O)c1ccc(C)cc1. The highest BCUT2D eigenvalue weighted by Gasteiger charge is 2.20. The van der Waals surface area contributed by atoms with Crippen LogP contribution in [0.15, 0.2) is 42.5 Å². The van der Waals surface area contributed by atoms with Gasteiger partial charge in [0.25, 0.3) is 5.91 Å². The summed E-state index contributed by atoms with van der Waals surface area (Å²) in [4.78, 5) is 24.3. The summed E-state index contributed by atoms with van der Waals surface area (Å²) in [5.74, 6) is -0.403. The minimum atomic E-state index is -0.927. The fourth-order valence-electron chi connectivity index (χ4n) is 2.13. The second-order valence-electron chi connectivity index (χ2n) is 5.61. The molecule has 0 aliphatic rings. The lowest BCUT2D eigenvalue weighted by Crippen LogP contribution is -2.30. The summed E-state index contributed by atoms with van der Waals surface area (Å²) in [5, 5.41) is 2.73. The molecule has 24 heavy (non-hydrogen) atoms. The fraction of sp³-hybridized carbons (Fsp3) is 0.263. The molecule has 5 heteroatoms. The third-order valence-electron chi connectivity index (χ3n) is 3.55. The van der Waals surface area contributed by atoms with Gasteiger partial charge in [-0.25, -0.2) is 4.79 Å². The maximum absolute atomic E-state index is 12.3. The zero-order valence-electron chi connectivity index (χ0n) is 14.3. The molecular weight excluding hydrogens is 306 g/mol. The molecular formula is C19H21NO4. The molecule has 0 aliphatic heterocycles. The van der Waals surface area contributed by atoms with E-state index in [1.54, 1.807) is 24.3 Å². The molecule has 2 rings (SSSR count). The topological polar surface area (TPSA) is 64.6 Å². The van der Waals surface area contributed by atoms with Crippen LogP contribution in [0.25, 0.3) is 0 Å². The monoisotopic (exact) mass is 327 g/mol. The molecule has 5 nitrogen and oxygen atoms in total. The summed E-state index contributed by atoms with van der Waals surface area (Å²) < 4.78 is 10.4. The van der Waals surface area contributed by atoms with Crippen molar-refractivity contribution in [1.82, 2.24) is 0 Å². The fourth-order valence-corrected chi connectivity index (χ4v) is 2.13. The van der Waals surface area contributed by atoms with Crippen molar-refractivity contribution in [3.8, 4) is 5.75 Å². The van der Waals surface area contributed by atoms with Gasteiger partial charge in [-0.1, -0.05) is 23.8 Å². The molecule has 0 fully saturated rings. The number of methoxy groups -OCH3 is 1. The highest BCUT2D eigenvalue weighted by atomic mass is 16.5. The minimum Gasteiger partial charge on any atom is -0.495 e. The number of carbonyl (C=O) groups is 2. The number of benzene rings is 2. The number of carbonyl (C=O) groups excluding carboxylic acids is 2. The standard InChI is InChI=1S/C19H21NO4/c1-12-5-8-15(9-6-12)19(22)24-14(3)18(21)20-16-11-13(2)7-10-17(16)23-4/h5-11,14H,1-4H3,(H,20,21)/t14-/m1/s1. The number of hydrogen-bond donors (Lipinski definition) is 1. The molecule has 0 unspecified atom stereocenters. The van der Waals surface area contributed by atoms with E-state index in [2.05, 4.69) is 5.32 Å². The molecule has 1 atom stereocenters. The Hall–Kier alpha value is -2.82. The van der Waals surface area contributed by atoms with Crippen LogP contribution in [0.2, 0.25) is 0 Å². The number of anilines is 1. The van der Waals surface area contributed by atoms with Crippen LogP contribution < -0.4 is 10.1 Å². The van der Waals surface area contributed by atoms with Crippen LogP contribution >= 0.6 is 0 Å². The molecule has 0 aromatic heterocycles. The molecule has 2 aromatic carbocycles. The smallest absolute Gasteiger partial charge is 0.338 e. The van der Waals surface area contributed by atoms with Crippen molar-refractivity contribution >= 4 is 17.6 Å². The van der Waals surface area contributed by atoms with E-state index in [-0.39, 0.29) is 0 Å². The number of amides is 1. The molecule has 1 amide bonds. The highest BCUT2D eigenvalue weighted by molar-refractivity contribution is 5.98. The lowest BCUT2D eigenvalue weighted by Gasteiger charge is -2.15. The Morgan fingerprint density at radius 1 is 1.00 bits per heavy atom. The van der Waals surface area contributed by atoms with Gasteiger partial charge in [0, 0.05) is 0 Å². The van der Waals surface area contributed by atoms with Crippen LogP contribution in [0.1, 0.15) is 28.4 Å². The van der Waals surface area contributed by atoms with Gasteiger partial charge in [0.15, 0.2) is 6.10 Å². The van der Waals surface area contributed by atoms with E-state index >= 15 is 0 Å². The van der Waals surface area contributed by atoms with Crippen LogP contribution in [0.4, 0.5) is 5.69 Å². The average molecular weight is 327 g/mol. The molecule has 0 bridgehead atoms. The lowest BCUT2D eigenvalue weighted by molar-refractivity contribution is -0.123. The van der Waals surface area contributed by atoms with Crippen molar-refractivity contribution in [2.75, 3.05) is 12.4 Å². The zero-order valence-corrected chi connectivity index (χ0v) is 14.3. The van der Waals surface area contributed by atoms with Crippen LogP contribution in [-0.2, 0) is 9.53 Å². The Labute approximate surface area is 141 Å². The molecule has 2 aromatic rings. The Bertz CT molecular complexity index is 738. The molecule has 0 spiro atoms. The largest absolute Gasteiger partial charge is 0.495 e. The molecule has 0 saturated carbocycles. The molecule has 126 valence electrons. The molecule has 0 radical (unpaired) electrons. The van der Waals surface area contributed by atoms with Gasteiger partial charge in [-0.2, -0.15) is 0 Å². The van der Waals surface area contributed by atoms with Gasteiger partial charge in [0.2, 0.25) is 0 Å². The maximum Gasteiger partial charge on any atom is 0.338 e.